The van der Waals surface area contributed by atoms with Gasteiger partial charge in [-0.1, -0.05) is 12.1 Å². The summed E-state index contributed by atoms with van der Waals surface area (Å²) in [6, 6.07) is 4.02. The van der Waals surface area contributed by atoms with Gasteiger partial charge in [0.25, 0.3) is 0 Å². The Bertz CT molecular complexity index is 490. The molecule has 2 heterocycles. The van der Waals surface area contributed by atoms with Gasteiger partial charge in [-0.15, -0.1) is 0 Å². The van der Waals surface area contributed by atoms with Gasteiger partial charge >= 0.3 is 6.09 Å². The lowest BCUT2D eigenvalue weighted by molar-refractivity contribution is 0.0216. The van der Waals surface area contributed by atoms with Crippen LogP contribution in [0.5, 0.6) is 0 Å². The van der Waals surface area contributed by atoms with Crippen LogP contribution < -0.4 is 0 Å². The summed E-state index contributed by atoms with van der Waals surface area (Å²) in [4.78, 5) is 17.7. The second kappa shape index (κ2) is 5.03. The molecule has 1 aliphatic rings. The average molecular weight is 260 g/mol. The van der Waals surface area contributed by atoms with E-state index in [-0.39, 0.29) is 6.09 Å². The van der Waals surface area contributed by atoms with Gasteiger partial charge in [0.2, 0.25) is 0 Å². The number of aromatic nitrogens is 1. The van der Waals surface area contributed by atoms with E-state index in [1.807, 2.05) is 46.0 Å². The second-order valence-electron chi connectivity index (χ2n) is 5.87. The maximum Gasteiger partial charge on any atom is 0.410 e. The first-order valence-corrected chi connectivity index (χ1v) is 6.43. The van der Waals surface area contributed by atoms with Gasteiger partial charge in [-0.25, -0.2) is 4.79 Å². The van der Waals surface area contributed by atoms with E-state index >= 15 is 0 Å². The lowest BCUT2D eigenvalue weighted by atomic mass is 10.1. The molecule has 0 unspecified atom stereocenters. The van der Waals surface area contributed by atoms with Crippen molar-refractivity contribution in [3.05, 3.63) is 35.2 Å². The monoisotopic (exact) mass is 260 g/mol. The zero-order valence-electron chi connectivity index (χ0n) is 11.9. The second-order valence-corrected chi connectivity index (χ2v) is 5.87. The molecule has 1 aromatic heterocycles. The zero-order valence-corrected chi connectivity index (χ0v) is 11.9. The first-order chi connectivity index (χ1) is 8.83. The fourth-order valence-electron chi connectivity index (χ4n) is 1.79. The molecule has 1 aliphatic heterocycles. The number of carbonyl (C=O) groups excluding carboxylic acids is 1. The number of hydrogen-bond donors (Lipinski definition) is 0. The molecule has 4 nitrogen and oxygen atoms in total. The number of ether oxygens (including phenoxy) is 1. The van der Waals surface area contributed by atoms with Gasteiger partial charge in [-0.2, -0.15) is 0 Å². The number of pyridine rings is 1. The third-order valence-electron chi connectivity index (χ3n) is 2.74. The molecule has 1 aromatic rings. The summed E-state index contributed by atoms with van der Waals surface area (Å²) in [6.07, 6.45) is 3.68. The molecular formula is C15H20N2O2. The fraction of sp³-hybridized carbons (Fsp3) is 0.467. The normalized spacial score (nSPS) is 14.9. The lowest BCUT2D eigenvalue weighted by Crippen LogP contribution is -2.46. The van der Waals surface area contributed by atoms with Gasteiger partial charge < -0.3 is 9.64 Å². The topological polar surface area (TPSA) is 42.4 Å². The summed E-state index contributed by atoms with van der Waals surface area (Å²) < 4.78 is 5.30. The molecule has 4 heteroatoms. The first kappa shape index (κ1) is 13.6. The van der Waals surface area contributed by atoms with Crippen molar-refractivity contribution in [2.45, 2.75) is 33.3 Å². The van der Waals surface area contributed by atoms with Crippen LogP contribution in [0.15, 0.2) is 23.9 Å². The average Bonchev–Trinajstić information content (AvgIpc) is 2.22. The highest BCUT2D eigenvalue weighted by atomic mass is 16.6. The Balaban J connectivity index is 1.89. The first-order valence-electron chi connectivity index (χ1n) is 6.43. The van der Waals surface area contributed by atoms with Crippen LogP contribution >= 0.6 is 0 Å². The zero-order chi connectivity index (χ0) is 14.0. The van der Waals surface area contributed by atoms with E-state index in [0.717, 1.165) is 11.3 Å². The van der Waals surface area contributed by atoms with Crippen LogP contribution in [0, 0.1) is 6.92 Å². The van der Waals surface area contributed by atoms with Crippen molar-refractivity contribution in [1.82, 2.24) is 9.88 Å². The number of rotatable bonds is 1. The Morgan fingerprint density at radius 2 is 2.05 bits per heavy atom. The Hall–Kier alpha value is -1.84. The van der Waals surface area contributed by atoms with E-state index < -0.39 is 5.60 Å². The smallest absolute Gasteiger partial charge is 0.410 e. The molecule has 0 radical (unpaired) electrons. The van der Waals surface area contributed by atoms with Crippen molar-refractivity contribution >= 4 is 12.2 Å². The van der Waals surface area contributed by atoms with Crippen molar-refractivity contribution in [2.75, 3.05) is 13.1 Å². The number of aryl methyl sites for hydroxylation is 1. The van der Waals surface area contributed by atoms with Gasteiger partial charge in [-0.05, 0) is 44.9 Å². The van der Waals surface area contributed by atoms with E-state index in [4.69, 9.17) is 4.74 Å². The third kappa shape index (κ3) is 3.81. The lowest BCUT2D eigenvalue weighted by Gasteiger charge is -2.35. The summed E-state index contributed by atoms with van der Waals surface area (Å²) in [5.41, 5.74) is 2.87. The van der Waals surface area contributed by atoms with Crippen molar-refractivity contribution in [2.24, 2.45) is 0 Å². The van der Waals surface area contributed by atoms with Crippen molar-refractivity contribution in [3.63, 3.8) is 0 Å². The molecule has 0 atom stereocenters. The number of carbonyl (C=O) groups is 1. The van der Waals surface area contributed by atoms with Gasteiger partial charge in [-0.3, -0.25) is 4.98 Å². The fourth-order valence-corrected chi connectivity index (χ4v) is 1.79. The van der Waals surface area contributed by atoms with Crippen LogP contribution in [0.2, 0.25) is 0 Å². The molecule has 1 amide bonds. The van der Waals surface area contributed by atoms with E-state index in [1.165, 1.54) is 5.57 Å². The molecule has 0 aliphatic carbocycles. The minimum Gasteiger partial charge on any atom is -0.444 e. The number of likely N-dealkylation sites (tertiary alicyclic amines) is 1. The Morgan fingerprint density at radius 3 is 2.58 bits per heavy atom. The number of amides is 1. The molecule has 0 aromatic carbocycles. The van der Waals surface area contributed by atoms with Crippen LogP contribution in [0.3, 0.4) is 0 Å². The predicted octanol–water partition coefficient (Wildman–Crippen LogP) is 3.02. The predicted molar refractivity (Wildman–Crippen MR) is 74.8 cm³/mol. The largest absolute Gasteiger partial charge is 0.444 e. The van der Waals surface area contributed by atoms with E-state index in [1.54, 1.807) is 4.90 Å². The Morgan fingerprint density at radius 1 is 1.37 bits per heavy atom. The molecule has 2 rings (SSSR count). The number of nitrogens with zero attached hydrogens (tertiary/aromatic N) is 2. The summed E-state index contributed by atoms with van der Waals surface area (Å²) in [7, 11) is 0. The van der Waals surface area contributed by atoms with Crippen LogP contribution in [-0.4, -0.2) is 34.7 Å². The van der Waals surface area contributed by atoms with E-state index in [0.29, 0.717) is 13.1 Å². The molecule has 0 bridgehead atoms. The molecule has 0 N–H and O–H groups in total. The molecule has 0 spiro atoms. The molecule has 1 fully saturated rings. The summed E-state index contributed by atoms with van der Waals surface area (Å²) in [5.74, 6) is 0. The summed E-state index contributed by atoms with van der Waals surface area (Å²) in [5, 5.41) is 0. The minimum absolute atomic E-state index is 0.244. The highest BCUT2D eigenvalue weighted by Crippen LogP contribution is 2.20. The molecule has 0 saturated carbocycles. The maximum absolute atomic E-state index is 11.7. The van der Waals surface area contributed by atoms with E-state index in [9.17, 15) is 4.79 Å². The Labute approximate surface area is 114 Å². The number of hydrogen-bond acceptors (Lipinski definition) is 3. The molecule has 102 valence electrons. The quantitative estimate of drug-likeness (QED) is 0.779. The van der Waals surface area contributed by atoms with Crippen molar-refractivity contribution < 1.29 is 9.53 Å². The Kier molecular flexibility index (Phi) is 3.60. The van der Waals surface area contributed by atoms with Crippen LogP contribution in [0.1, 0.15) is 32.0 Å². The third-order valence-corrected chi connectivity index (χ3v) is 2.74. The summed E-state index contributed by atoms with van der Waals surface area (Å²) >= 11 is 0. The molecule has 19 heavy (non-hydrogen) atoms. The highest BCUT2D eigenvalue weighted by molar-refractivity contribution is 5.72. The van der Waals surface area contributed by atoms with Crippen LogP contribution in [-0.2, 0) is 4.74 Å². The SMILES string of the molecule is Cc1ccc(C=C2CN(C(=O)OC(C)(C)C)C2)cn1. The van der Waals surface area contributed by atoms with Crippen molar-refractivity contribution in [3.8, 4) is 0 Å². The van der Waals surface area contributed by atoms with Gasteiger partial charge in [0, 0.05) is 25.0 Å². The van der Waals surface area contributed by atoms with Crippen LogP contribution in [0.25, 0.3) is 6.08 Å². The molecule has 1 saturated heterocycles. The highest BCUT2D eigenvalue weighted by Gasteiger charge is 2.29. The molecular weight excluding hydrogens is 240 g/mol. The standard InChI is InChI=1S/C15H20N2O2/c1-11-5-6-12(8-16-11)7-13-9-17(10-13)14(18)19-15(2,3)4/h5-8H,9-10H2,1-4H3. The van der Waals surface area contributed by atoms with Gasteiger partial charge in [0.15, 0.2) is 0 Å². The summed E-state index contributed by atoms with van der Waals surface area (Å²) in [6.45, 7) is 8.87. The van der Waals surface area contributed by atoms with Crippen LogP contribution in [0.4, 0.5) is 4.79 Å². The van der Waals surface area contributed by atoms with Gasteiger partial charge in [0.05, 0.1) is 0 Å². The van der Waals surface area contributed by atoms with Crippen molar-refractivity contribution in [1.29, 1.82) is 0 Å². The van der Waals surface area contributed by atoms with E-state index in [2.05, 4.69) is 11.1 Å². The maximum atomic E-state index is 11.7. The minimum atomic E-state index is -0.433. The van der Waals surface area contributed by atoms with Gasteiger partial charge in [0.1, 0.15) is 5.60 Å².